The smallest absolute Gasteiger partial charge is 0.151 e. The maximum atomic E-state index is 4.49. The van der Waals surface area contributed by atoms with Crippen LogP contribution in [0.2, 0.25) is 0 Å². The zero-order valence-electron chi connectivity index (χ0n) is 10.1. The molecule has 0 N–H and O–H groups in total. The highest BCUT2D eigenvalue weighted by atomic mass is 32.1. The quantitative estimate of drug-likeness (QED) is 0.679. The average Bonchev–Trinajstić information content (AvgIpc) is 2.84. The van der Waals surface area contributed by atoms with Gasteiger partial charge in [0.1, 0.15) is 0 Å². The van der Waals surface area contributed by atoms with Gasteiger partial charge in [0, 0.05) is 27.2 Å². The second kappa shape index (κ2) is 4.35. The summed E-state index contributed by atoms with van der Waals surface area (Å²) >= 11 is 1.76. The van der Waals surface area contributed by atoms with E-state index in [1.807, 2.05) is 6.07 Å². The molecule has 3 aromatic rings. The third-order valence-corrected chi connectivity index (χ3v) is 4.06. The van der Waals surface area contributed by atoms with Crippen molar-refractivity contribution in [3.05, 3.63) is 53.8 Å². The van der Waals surface area contributed by atoms with E-state index in [4.69, 9.17) is 0 Å². The number of hydrogen-bond acceptors (Lipinski definition) is 3. The van der Waals surface area contributed by atoms with Gasteiger partial charge in [-0.2, -0.15) is 0 Å². The Hall–Kier alpha value is -2.00. The van der Waals surface area contributed by atoms with E-state index in [0.717, 1.165) is 5.69 Å². The van der Waals surface area contributed by atoms with Gasteiger partial charge in [-0.05, 0) is 24.6 Å². The van der Waals surface area contributed by atoms with Crippen LogP contribution in [0, 0.1) is 6.92 Å². The van der Waals surface area contributed by atoms with Crippen molar-refractivity contribution in [3.63, 3.8) is 0 Å². The molecule has 0 saturated heterocycles. The Kier molecular flexibility index (Phi) is 2.68. The lowest BCUT2D eigenvalue weighted by Crippen LogP contribution is -1.89. The van der Waals surface area contributed by atoms with Gasteiger partial charge in [-0.1, -0.05) is 24.8 Å². The van der Waals surface area contributed by atoms with Gasteiger partial charge >= 0.3 is 0 Å². The van der Waals surface area contributed by atoms with E-state index >= 15 is 0 Å². The number of aromatic nitrogens is 2. The first-order chi connectivity index (χ1) is 8.79. The summed E-state index contributed by atoms with van der Waals surface area (Å²) in [4.78, 5) is 8.63. The van der Waals surface area contributed by atoms with Gasteiger partial charge < -0.3 is 0 Å². The van der Waals surface area contributed by atoms with E-state index in [2.05, 4.69) is 47.0 Å². The summed E-state index contributed by atoms with van der Waals surface area (Å²) in [7, 11) is 0. The van der Waals surface area contributed by atoms with Crippen molar-refractivity contribution in [1.82, 2.24) is 9.97 Å². The summed E-state index contributed by atoms with van der Waals surface area (Å²) in [6, 6.07) is 8.31. The number of nitrogens with zero attached hydrogens (tertiary/aromatic N) is 2. The van der Waals surface area contributed by atoms with Crippen LogP contribution in [-0.4, -0.2) is 9.97 Å². The summed E-state index contributed by atoms with van der Waals surface area (Å²) < 4.78 is 1.33. The molecule has 0 aliphatic rings. The molecule has 2 nitrogen and oxygen atoms in total. The number of thiophene rings is 1. The molecule has 0 radical (unpaired) electrons. The molecule has 3 rings (SSSR count). The highest BCUT2D eigenvalue weighted by molar-refractivity contribution is 7.18. The van der Waals surface area contributed by atoms with E-state index in [9.17, 15) is 0 Å². The van der Waals surface area contributed by atoms with Crippen molar-refractivity contribution in [2.75, 3.05) is 0 Å². The number of benzene rings is 1. The largest absolute Gasteiger partial charge is 0.237 e. The number of hydrogen-bond donors (Lipinski definition) is 0. The minimum atomic E-state index is 0.666. The number of rotatable bonds is 2. The van der Waals surface area contributed by atoms with Crippen molar-refractivity contribution >= 4 is 27.5 Å². The monoisotopic (exact) mass is 252 g/mol. The van der Waals surface area contributed by atoms with Crippen molar-refractivity contribution in [2.45, 2.75) is 6.92 Å². The molecule has 2 aromatic heterocycles. The molecule has 0 aliphatic heterocycles. The van der Waals surface area contributed by atoms with E-state index in [1.54, 1.807) is 23.6 Å². The first-order valence-electron chi connectivity index (χ1n) is 5.72. The third kappa shape index (κ3) is 1.73. The Balaban J connectivity index is 2.25. The molecule has 0 atom stereocenters. The summed E-state index contributed by atoms with van der Waals surface area (Å²) in [6.45, 7) is 5.84. The molecule has 88 valence electrons. The topological polar surface area (TPSA) is 25.8 Å². The van der Waals surface area contributed by atoms with Gasteiger partial charge in [-0.3, -0.25) is 0 Å². The Morgan fingerprint density at radius 3 is 3.00 bits per heavy atom. The lowest BCUT2D eigenvalue weighted by atomic mass is 10.1. The average molecular weight is 252 g/mol. The Morgan fingerprint density at radius 1 is 1.28 bits per heavy atom. The molecule has 0 aliphatic carbocycles. The molecule has 0 fully saturated rings. The van der Waals surface area contributed by atoms with Gasteiger partial charge in [-0.25, -0.2) is 9.97 Å². The molecule has 1 aromatic carbocycles. The minimum absolute atomic E-state index is 0.666. The van der Waals surface area contributed by atoms with Crippen LogP contribution in [0.3, 0.4) is 0 Å². The highest BCUT2D eigenvalue weighted by Gasteiger charge is 2.09. The van der Waals surface area contributed by atoms with Gasteiger partial charge in [0.2, 0.25) is 0 Å². The second-order valence-electron chi connectivity index (χ2n) is 4.11. The summed E-state index contributed by atoms with van der Waals surface area (Å²) in [5.74, 6) is 0.666. The molecule has 0 bridgehead atoms. The van der Waals surface area contributed by atoms with Crippen LogP contribution in [0.15, 0.2) is 42.4 Å². The molecule has 0 saturated carbocycles. The Morgan fingerprint density at radius 2 is 2.17 bits per heavy atom. The molecule has 18 heavy (non-hydrogen) atoms. The maximum Gasteiger partial charge on any atom is 0.151 e. The van der Waals surface area contributed by atoms with Gasteiger partial charge in [-0.15, -0.1) is 11.3 Å². The lowest BCUT2D eigenvalue weighted by molar-refractivity contribution is 1.14. The van der Waals surface area contributed by atoms with Crippen LogP contribution < -0.4 is 0 Å². The van der Waals surface area contributed by atoms with E-state index in [0.29, 0.717) is 5.82 Å². The minimum Gasteiger partial charge on any atom is -0.237 e. The second-order valence-corrected chi connectivity index (χ2v) is 4.98. The SMILES string of the molecule is C=Cc1nccc(-c2csc3c(C)cccc23)n1. The zero-order chi connectivity index (χ0) is 12.5. The first kappa shape index (κ1) is 11.1. The van der Waals surface area contributed by atoms with Crippen LogP contribution in [0.1, 0.15) is 11.4 Å². The van der Waals surface area contributed by atoms with Gasteiger partial charge in [0.05, 0.1) is 5.69 Å². The summed E-state index contributed by atoms with van der Waals surface area (Å²) in [6.07, 6.45) is 3.45. The molecular weight excluding hydrogens is 240 g/mol. The predicted molar refractivity (Wildman–Crippen MR) is 77.7 cm³/mol. The predicted octanol–water partition coefficient (Wildman–Crippen LogP) is 4.31. The summed E-state index contributed by atoms with van der Waals surface area (Å²) in [5.41, 5.74) is 3.43. The fourth-order valence-corrected chi connectivity index (χ4v) is 3.07. The van der Waals surface area contributed by atoms with Crippen LogP contribution in [0.5, 0.6) is 0 Å². The molecule has 3 heteroatoms. The Labute approximate surface area is 110 Å². The summed E-state index contributed by atoms with van der Waals surface area (Å²) in [5, 5.41) is 3.42. The normalized spacial score (nSPS) is 10.7. The van der Waals surface area contributed by atoms with Crippen LogP contribution in [0.4, 0.5) is 0 Å². The van der Waals surface area contributed by atoms with Crippen molar-refractivity contribution in [3.8, 4) is 11.3 Å². The standard InChI is InChI=1S/C15H12N2S/c1-3-14-16-8-7-13(17-14)12-9-18-15-10(2)5-4-6-11(12)15/h3-9H,1H2,2H3. The van der Waals surface area contributed by atoms with Crippen LogP contribution in [-0.2, 0) is 0 Å². The third-order valence-electron chi connectivity index (χ3n) is 2.93. The van der Waals surface area contributed by atoms with Crippen molar-refractivity contribution < 1.29 is 0 Å². The molecular formula is C15H12N2S. The lowest BCUT2D eigenvalue weighted by Gasteiger charge is -2.01. The van der Waals surface area contributed by atoms with Crippen molar-refractivity contribution in [2.24, 2.45) is 0 Å². The zero-order valence-corrected chi connectivity index (χ0v) is 10.9. The fourth-order valence-electron chi connectivity index (χ4n) is 2.02. The maximum absolute atomic E-state index is 4.49. The number of fused-ring (bicyclic) bond motifs is 1. The highest BCUT2D eigenvalue weighted by Crippen LogP contribution is 2.34. The van der Waals surface area contributed by atoms with E-state index in [1.165, 1.54) is 21.2 Å². The van der Waals surface area contributed by atoms with Gasteiger partial charge in [0.25, 0.3) is 0 Å². The first-order valence-corrected chi connectivity index (χ1v) is 6.60. The molecule has 0 amide bonds. The fraction of sp³-hybridized carbons (Fsp3) is 0.0667. The van der Waals surface area contributed by atoms with E-state index < -0.39 is 0 Å². The van der Waals surface area contributed by atoms with Crippen LogP contribution >= 0.6 is 11.3 Å². The van der Waals surface area contributed by atoms with E-state index in [-0.39, 0.29) is 0 Å². The number of aryl methyl sites for hydroxylation is 1. The Bertz CT molecular complexity index is 728. The van der Waals surface area contributed by atoms with Gasteiger partial charge in [0.15, 0.2) is 5.82 Å². The molecule has 0 spiro atoms. The molecule has 0 unspecified atom stereocenters. The molecule has 2 heterocycles. The van der Waals surface area contributed by atoms with Crippen LogP contribution in [0.25, 0.3) is 27.4 Å². The van der Waals surface area contributed by atoms with Crippen molar-refractivity contribution in [1.29, 1.82) is 0 Å².